The Bertz CT molecular complexity index is 1040. The summed E-state index contributed by atoms with van der Waals surface area (Å²) in [7, 11) is 1.57. The fraction of sp³-hybridized carbons (Fsp3) is 0.167. The number of methoxy groups -OCH3 is 1. The number of nitrogens with zero attached hydrogens (tertiary/aromatic N) is 4. The van der Waals surface area contributed by atoms with Crippen LogP contribution in [0.2, 0.25) is 5.02 Å². The Kier molecular flexibility index (Phi) is 4.00. The number of fused-ring (bicyclic) bond motifs is 1. The predicted molar refractivity (Wildman–Crippen MR) is 97.0 cm³/mol. The Morgan fingerprint density at radius 2 is 1.92 bits per heavy atom. The number of benzene rings is 2. The minimum atomic E-state index is -0.450. The predicted octanol–water partition coefficient (Wildman–Crippen LogP) is 2.74. The van der Waals surface area contributed by atoms with Gasteiger partial charge in [-0.1, -0.05) is 29.8 Å². The van der Waals surface area contributed by atoms with Gasteiger partial charge in [-0.25, -0.2) is 14.3 Å². The molecule has 0 radical (unpaired) electrons. The molecule has 4 rings (SSSR count). The number of ether oxygens (including phenoxy) is 1. The normalized spacial score (nSPS) is 13.2. The van der Waals surface area contributed by atoms with Gasteiger partial charge in [0.2, 0.25) is 0 Å². The summed E-state index contributed by atoms with van der Waals surface area (Å²) in [6, 6.07) is 14.0. The third-order valence-corrected chi connectivity index (χ3v) is 4.51. The van der Waals surface area contributed by atoms with Crippen LogP contribution in [0.4, 0.5) is 10.5 Å². The number of anilines is 1. The first kappa shape index (κ1) is 16.4. The van der Waals surface area contributed by atoms with Crippen molar-refractivity contribution in [3.63, 3.8) is 0 Å². The Labute approximate surface area is 154 Å². The average Bonchev–Trinajstić information content (AvgIpc) is 3.13. The molecule has 8 heteroatoms. The molecule has 0 bridgehead atoms. The van der Waals surface area contributed by atoms with E-state index in [0.29, 0.717) is 22.3 Å². The molecule has 0 spiro atoms. The zero-order valence-electron chi connectivity index (χ0n) is 13.9. The number of halogens is 1. The number of hydrogen-bond acceptors (Lipinski definition) is 4. The first-order valence-corrected chi connectivity index (χ1v) is 8.34. The van der Waals surface area contributed by atoms with Gasteiger partial charge in [-0.3, -0.25) is 4.90 Å². The van der Waals surface area contributed by atoms with Gasteiger partial charge in [0.05, 0.1) is 20.2 Å². The lowest BCUT2D eigenvalue weighted by Gasteiger charge is -2.16. The lowest BCUT2D eigenvalue weighted by molar-refractivity contribution is 0.244. The first-order valence-electron chi connectivity index (χ1n) is 7.96. The van der Waals surface area contributed by atoms with Crippen molar-refractivity contribution in [2.24, 2.45) is 0 Å². The number of carbonyl (C=O) groups excluding carboxylic acids is 1. The largest absolute Gasteiger partial charge is 0.497 e. The fourth-order valence-corrected chi connectivity index (χ4v) is 3.09. The highest BCUT2D eigenvalue weighted by Gasteiger charge is 2.33. The third kappa shape index (κ3) is 2.76. The van der Waals surface area contributed by atoms with Crippen LogP contribution >= 0.6 is 11.6 Å². The molecule has 0 saturated carbocycles. The maximum atomic E-state index is 12.9. The van der Waals surface area contributed by atoms with E-state index in [0.717, 1.165) is 5.56 Å². The van der Waals surface area contributed by atoms with Crippen LogP contribution < -0.4 is 15.3 Å². The molecular formula is C18H15ClN4O3. The molecule has 0 atom stereocenters. The standard InChI is InChI=1S/C18H15ClN4O3/c1-26-15-4-2-3-14(9-15)21-11-16-20-17(24)22(23(16)18(21)25)10-12-5-7-13(19)8-6-12/h2-9H,10-11H2,1H3. The molecule has 0 fully saturated rings. The smallest absolute Gasteiger partial charge is 0.364 e. The van der Waals surface area contributed by atoms with Crippen LogP contribution in [0.5, 0.6) is 5.75 Å². The molecule has 0 N–H and O–H groups in total. The van der Waals surface area contributed by atoms with E-state index in [1.165, 1.54) is 9.36 Å². The maximum Gasteiger partial charge on any atom is 0.364 e. The second-order valence-electron chi connectivity index (χ2n) is 5.88. The summed E-state index contributed by atoms with van der Waals surface area (Å²) in [5.74, 6) is 1.06. The number of hydrogen-bond donors (Lipinski definition) is 0. The van der Waals surface area contributed by atoms with Gasteiger partial charge in [-0.2, -0.15) is 9.67 Å². The molecule has 7 nitrogen and oxygen atoms in total. The fourth-order valence-electron chi connectivity index (χ4n) is 2.96. The number of rotatable bonds is 4. The summed E-state index contributed by atoms with van der Waals surface area (Å²) < 4.78 is 7.88. The molecule has 3 aromatic rings. The second-order valence-corrected chi connectivity index (χ2v) is 6.31. The van der Waals surface area contributed by atoms with E-state index in [-0.39, 0.29) is 19.1 Å². The lowest BCUT2D eigenvalue weighted by atomic mass is 10.2. The molecule has 0 aliphatic carbocycles. The van der Waals surface area contributed by atoms with Crippen LogP contribution in [0.15, 0.2) is 53.3 Å². The van der Waals surface area contributed by atoms with Crippen LogP contribution in [0.25, 0.3) is 0 Å². The Morgan fingerprint density at radius 1 is 1.15 bits per heavy atom. The van der Waals surface area contributed by atoms with Crippen LogP contribution in [-0.4, -0.2) is 27.5 Å². The third-order valence-electron chi connectivity index (χ3n) is 4.25. The van der Waals surface area contributed by atoms with Gasteiger partial charge in [0.1, 0.15) is 5.75 Å². The van der Waals surface area contributed by atoms with Gasteiger partial charge >= 0.3 is 11.7 Å². The molecule has 0 unspecified atom stereocenters. The van der Waals surface area contributed by atoms with Gasteiger partial charge in [0, 0.05) is 16.8 Å². The van der Waals surface area contributed by atoms with Crippen LogP contribution in [-0.2, 0) is 13.1 Å². The van der Waals surface area contributed by atoms with Gasteiger partial charge in [-0.15, -0.1) is 0 Å². The lowest BCUT2D eigenvalue weighted by Crippen LogP contribution is -2.34. The van der Waals surface area contributed by atoms with E-state index in [2.05, 4.69) is 4.98 Å². The van der Waals surface area contributed by atoms with E-state index in [9.17, 15) is 9.59 Å². The molecule has 1 amide bonds. The summed E-state index contributed by atoms with van der Waals surface area (Å²) >= 11 is 5.90. The molecule has 2 aromatic carbocycles. The zero-order valence-corrected chi connectivity index (χ0v) is 14.7. The highest BCUT2D eigenvalue weighted by Crippen LogP contribution is 2.26. The minimum Gasteiger partial charge on any atom is -0.497 e. The molecule has 132 valence electrons. The summed E-state index contributed by atoms with van der Waals surface area (Å²) in [6.07, 6.45) is 0. The summed E-state index contributed by atoms with van der Waals surface area (Å²) in [5, 5.41) is 0.611. The number of aromatic nitrogens is 3. The molecular weight excluding hydrogens is 356 g/mol. The van der Waals surface area contributed by atoms with E-state index in [1.54, 1.807) is 36.3 Å². The topological polar surface area (TPSA) is 69.4 Å². The van der Waals surface area contributed by atoms with Gasteiger partial charge in [-0.05, 0) is 29.8 Å². The zero-order chi connectivity index (χ0) is 18.3. The molecule has 0 saturated heterocycles. The molecule has 1 aromatic heterocycles. The summed E-state index contributed by atoms with van der Waals surface area (Å²) in [5.41, 5.74) is 1.09. The summed E-state index contributed by atoms with van der Waals surface area (Å²) in [4.78, 5) is 30.7. The van der Waals surface area contributed by atoms with Crippen molar-refractivity contribution in [3.8, 4) is 5.75 Å². The molecule has 2 heterocycles. The minimum absolute atomic E-state index is 0.231. The SMILES string of the molecule is COc1cccc(N2Cc3nc(=O)n(Cc4ccc(Cl)cc4)n3C2=O)c1. The highest BCUT2D eigenvalue weighted by molar-refractivity contribution is 6.30. The van der Waals surface area contributed by atoms with Crippen molar-refractivity contribution in [3.05, 3.63) is 75.4 Å². The number of amides is 1. The van der Waals surface area contributed by atoms with Crippen molar-refractivity contribution >= 4 is 23.3 Å². The van der Waals surface area contributed by atoms with Crippen molar-refractivity contribution in [2.45, 2.75) is 13.1 Å². The summed E-state index contributed by atoms with van der Waals surface area (Å²) in [6.45, 7) is 0.468. The first-order chi connectivity index (χ1) is 12.6. The Hall–Kier alpha value is -3.06. The number of carbonyl (C=O) groups is 1. The maximum absolute atomic E-state index is 12.9. The second kappa shape index (κ2) is 6.34. The van der Waals surface area contributed by atoms with E-state index in [1.807, 2.05) is 24.3 Å². The Morgan fingerprint density at radius 3 is 2.65 bits per heavy atom. The van der Waals surface area contributed by atoms with Crippen molar-refractivity contribution < 1.29 is 9.53 Å². The molecule has 1 aliphatic heterocycles. The highest BCUT2D eigenvalue weighted by atomic mass is 35.5. The van der Waals surface area contributed by atoms with Crippen LogP contribution in [0, 0.1) is 0 Å². The van der Waals surface area contributed by atoms with E-state index >= 15 is 0 Å². The van der Waals surface area contributed by atoms with Crippen molar-refractivity contribution in [1.29, 1.82) is 0 Å². The molecule has 1 aliphatic rings. The van der Waals surface area contributed by atoms with E-state index in [4.69, 9.17) is 16.3 Å². The van der Waals surface area contributed by atoms with E-state index < -0.39 is 5.69 Å². The Balaban J connectivity index is 1.68. The van der Waals surface area contributed by atoms with Gasteiger partial charge < -0.3 is 4.74 Å². The molecule has 26 heavy (non-hydrogen) atoms. The van der Waals surface area contributed by atoms with Crippen molar-refractivity contribution in [2.75, 3.05) is 12.0 Å². The quantitative estimate of drug-likeness (QED) is 0.708. The van der Waals surface area contributed by atoms with Crippen LogP contribution in [0.3, 0.4) is 0 Å². The van der Waals surface area contributed by atoms with Crippen molar-refractivity contribution in [1.82, 2.24) is 14.3 Å². The average molecular weight is 371 g/mol. The van der Waals surface area contributed by atoms with Gasteiger partial charge in [0.15, 0.2) is 5.82 Å². The van der Waals surface area contributed by atoms with Crippen LogP contribution in [0.1, 0.15) is 11.4 Å². The monoisotopic (exact) mass is 370 g/mol. The van der Waals surface area contributed by atoms with Gasteiger partial charge in [0.25, 0.3) is 0 Å².